The number of aromatic nitrogens is 1. The van der Waals surface area contributed by atoms with Crippen molar-refractivity contribution in [3.63, 3.8) is 0 Å². The van der Waals surface area contributed by atoms with Crippen molar-refractivity contribution >= 4 is 6.09 Å². The zero-order chi connectivity index (χ0) is 15.7. The summed E-state index contributed by atoms with van der Waals surface area (Å²) >= 11 is 0. The SMILES string of the molecule is Cc1cc(C2(C#N)CCN(C(=O)OC(C)(C)C)CC2)no1. The molecule has 2 heterocycles. The Bertz CT molecular complexity index is 557. The Kier molecular flexibility index (Phi) is 3.95. The maximum Gasteiger partial charge on any atom is 0.410 e. The van der Waals surface area contributed by atoms with Gasteiger partial charge in [0.25, 0.3) is 0 Å². The van der Waals surface area contributed by atoms with Gasteiger partial charge in [0.1, 0.15) is 22.5 Å². The van der Waals surface area contributed by atoms with Crippen LogP contribution in [0.25, 0.3) is 0 Å². The van der Waals surface area contributed by atoms with Gasteiger partial charge in [-0.15, -0.1) is 0 Å². The second-order valence-electron chi connectivity index (χ2n) is 6.48. The lowest BCUT2D eigenvalue weighted by Crippen LogP contribution is -2.46. The van der Waals surface area contributed by atoms with E-state index in [1.54, 1.807) is 17.9 Å². The van der Waals surface area contributed by atoms with Crippen LogP contribution in [0.1, 0.15) is 45.1 Å². The standard InChI is InChI=1S/C15H21N3O3/c1-11-9-12(17-21-11)15(10-16)5-7-18(8-6-15)13(19)20-14(2,3)4/h9H,5-8H2,1-4H3. The average molecular weight is 291 g/mol. The van der Waals surface area contributed by atoms with Crippen molar-refractivity contribution in [2.24, 2.45) is 0 Å². The highest BCUT2D eigenvalue weighted by molar-refractivity contribution is 5.68. The summed E-state index contributed by atoms with van der Waals surface area (Å²) in [6, 6.07) is 4.15. The normalized spacial score (nSPS) is 18.1. The fourth-order valence-electron chi connectivity index (χ4n) is 2.41. The molecule has 0 spiro atoms. The number of hydrogen-bond donors (Lipinski definition) is 0. The van der Waals surface area contributed by atoms with Crippen molar-refractivity contribution in [3.05, 3.63) is 17.5 Å². The van der Waals surface area contributed by atoms with Crippen molar-refractivity contribution in [1.29, 1.82) is 5.26 Å². The highest BCUT2D eigenvalue weighted by Crippen LogP contribution is 2.34. The van der Waals surface area contributed by atoms with E-state index in [4.69, 9.17) is 9.26 Å². The van der Waals surface area contributed by atoms with Gasteiger partial charge in [-0.05, 0) is 40.5 Å². The number of hydrogen-bond acceptors (Lipinski definition) is 5. The van der Waals surface area contributed by atoms with E-state index < -0.39 is 11.0 Å². The summed E-state index contributed by atoms with van der Waals surface area (Å²) in [6.45, 7) is 8.28. The Labute approximate surface area is 124 Å². The highest BCUT2D eigenvalue weighted by atomic mass is 16.6. The monoisotopic (exact) mass is 291 g/mol. The number of nitrogens with zero attached hydrogens (tertiary/aromatic N) is 3. The second-order valence-corrected chi connectivity index (χ2v) is 6.48. The number of carbonyl (C=O) groups is 1. The number of amides is 1. The quantitative estimate of drug-likeness (QED) is 0.795. The molecule has 0 aliphatic carbocycles. The van der Waals surface area contributed by atoms with Gasteiger partial charge in [0.05, 0.1) is 6.07 Å². The Balaban J connectivity index is 2.05. The molecule has 1 saturated heterocycles. The smallest absolute Gasteiger partial charge is 0.410 e. The molecule has 1 aromatic heterocycles. The van der Waals surface area contributed by atoms with E-state index in [0.29, 0.717) is 37.4 Å². The zero-order valence-corrected chi connectivity index (χ0v) is 13.0. The van der Waals surface area contributed by atoms with Crippen molar-refractivity contribution in [1.82, 2.24) is 10.1 Å². The van der Waals surface area contributed by atoms with Crippen LogP contribution in [0, 0.1) is 18.3 Å². The molecule has 0 atom stereocenters. The van der Waals surface area contributed by atoms with Gasteiger partial charge in [-0.25, -0.2) is 4.79 Å². The molecule has 114 valence electrons. The summed E-state index contributed by atoms with van der Waals surface area (Å²) in [5, 5.41) is 13.5. The topological polar surface area (TPSA) is 79.4 Å². The number of nitriles is 1. The predicted octanol–water partition coefficient (Wildman–Crippen LogP) is 2.78. The maximum absolute atomic E-state index is 12.0. The molecular weight excluding hydrogens is 270 g/mol. The molecule has 0 unspecified atom stereocenters. The van der Waals surface area contributed by atoms with Crippen LogP contribution in [-0.4, -0.2) is 34.8 Å². The lowest BCUT2D eigenvalue weighted by atomic mass is 9.77. The average Bonchev–Trinajstić information content (AvgIpc) is 2.84. The van der Waals surface area contributed by atoms with Gasteiger partial charge in [-0.2, -0.15) is 5.26 Å². The fraction of sp³-hybridized carbons (Fsp3) is 0.667. The lowest BCUT2D eigenvalue weighted by Gasteiger charge is -2.36. The van der Waals surface area contributed by atoms with Crippen molar-refractivity contribution in [2.45, 2.75) is 51.6 Å². The van der Waals surface area contributed by atoms with Gasteiger partial charge in [0, 0.05) is 19.2 Å². The first-order chi connectivity index (χ1) is 9.76. The van der Waals surface area contributed by atoms with Gasteiger partial charge < -0.3 is 14.2 Å². The number of rotatable bonds is 1. The number of carbonyl (C=O) groups excluding carboxylic acids is 1. The van der Waals surface area contributed by atoms with Gasteiger partial charge in [-0.1, -0.05) is 5.16 Å². The number of ether oxygens (including phenoxy) is 1. The second kappa shape index (κ2) is 5.40. The molecule has 6 heteroatoms. The summed E-state index contributed by atoms with van der Waals surface area (Å²) in [4.78, 5) is 13.7. The molecule has 21 heavy (non-hydrogen) atoms. The third-order valence-electron chi connectivity index (χ3n) is 3.60. The third-order valence-corrected chi connectivity index (χ3v) is 3.60. The van der Waals surface area contributed by atoms with Gasteiger partial charge in [-0.3, -0.25) is 0 Å². The van der Waals surface area contributed by atoms with Crippen LogP contribution in [0.3, 0.4) is 0 Å². The largest absolute Gasteiger partial charge is 0.444 e. The van der Waals surface area contributed by atoms with Crippen LogP contribution in [0.15, 0.2) is 10.6 Å². The first-order valence-corrected chi connectivity index (χ1v) is 7.09. The van der Waals surface area contributed by atoms with E-state index in [-0.39, 0.29) is 6.09 Å². The molecule has 1 aromatic rings. The van der Waals surface area contributed by atoms with Crippen LogP contribution in [0.2, 0.25) is 0 Å². The Morgan fingerprint density at radius 3 is 2.52 bits per heavy atom. The summed E-state index contributed by atoms with van der Waals surface area (Å²) in [5.74, 6) is 0.689. The predicted molar refractivity (Wildman–Crippen MR) is 75.6 cm³/mol. The number of piperidine rings is 1. The van der Waals surface area contributed by atoms with Crippen molar-refractivity contribution < 1.29 is 14.1 Å². The molecule has 1 aliphatic rings. The summed E-state index contributed by atoms with van der Waals surface area (Å²) in [6.07, 6.45) is 0.744. The molecule has 0 saturated carbocycles. The van der Waals surface area contributed by atoms with Crippen molar-refractivity contribution in [2.75, 3.05) is 13.1 Å². The minimum Gasteiger partial charge on any atom is -0.444 e. The highest BCUT2D eigenvalue weighted by Gasteiger charge is 2.41. The first kappa shape index (κ1) is 15.4. The first-order valence-electron chi connectivity index (χ1n) is 7.09. The molecule has 0 bridgehead atoms. The minimum atomic E-state index is -0.670. The summed E-state index contributed by atoms with van der Waals surface area (Å²) in [5.41, 5.74) is -0.522. The molecular formula is C15H21N3O3. The van der Waals surface area contributed by atoms with Crippen molar-refractivity contribution in [3.8, 4) is 6.07 Å². The Hall–Kier alpha value is -2.03. The van der Waals surface area contributed by atoms with E-state index in [2.05, 4.69) is 11.2 Å². The molecule has 0 aromatic carbocycles. The van der Waals surface area contributed by atoms with Crippen LogP contribution >= 0.6 is 0 Å². The number of aryl methyl sites for hydroxylation is 1. The molecule has 6 nitrogen and oxygen atoms in total. The fourth-order valence-corrected chi connectivity index (χ4v) is 2.41. The van der Waals surface area contributed by atoms with E-state index in [1.807, 2.05) is 20.8 Å². The van der Waals surface area contributed by atoms with E-state index in [0.717, 1.165) is 0 Å². The van der Waals surface area contributed by atoms with Crippen LogP contribution in [0.5, 0.6) is 0 Å². The molecule has 1 aliphatic heterocycles. The minimum absolute atomic E-state index is 0.328. The molecule has 1 amide bonds. The van der Waals surface area contributed by atoms with Crippen LogP contribution in [0.4, 0.5) is 4.79 Å². The number of likely N-dealkylation sites (tertiary alicyclic amines) is 1. The van der Waals surface area contributed by atoms with Gasteiger partial charge >= 0.3 is 6.09 Å². The summed E-state index contributed by atoms with van der Waals surface area (Å²) in [7, 11) is 0. The lowest BCUT2D eigenvalue weighted by molar-refractivity contribution is 0.0183. The van der Waals surface area contributed by atoms with E-state index in [1.165, 1.54) is 0 Å². The molecule has 1 fully saturated rings. The maximum atomic E-state index is 12.0. The Morgan fingerprint density at radius 2 is 2.10 bits per heavy atom. The Morgan fingerprint density at radius 1 is 1.48 bits per heavy atom. The zero-order valence-electron chi connectivity index (χ0n) is 13.0. The molecule has 2 rings (SSSR count). The third kappa shape index (κ3) is 3.35. The molecule has 0 N–H and O–H groups in total. The van der Waals surface area contributed by atoms with E-state index in [9.17, 15) is 10.1 Å². The van der Waals surface area contributed by atoms with E-state index >= 15 is 0 Å². The van der Waals surface area contributed by atoms with Crippen LogP contribution in [-0.2, 0) is 10.2 Å². The van der Waals surface area contributed by atoms with Gasteiger partial charge in [0.15, 0.2) is 0 Å². The summed E-state index contributed by atoms with van der Waals surface area (Å²) < 4.78 is 10.4. The van der Waals surface area contributed by atoms with Crippen LogP contribution < -0.4 is 0 Å². The molecule has 0 radical (unpaired) electrons. The van der Waals surface area contributed by atoms with Gasteiger partial charge in [0.2, 0.25) is 0 Å².